The molecule has 0 bridgehead atoms. The standard InChI is InChI=1S/C23H22FN5O3/c1-28(20-11-32-10-12-6-13(31-3)4-5-14(12)20)23(30)15-7-16-19(8-18(15)24)27-22(25)17-9-26-29(2)21(16)17/h4-9,20H,10-11H2,1-3H3,(H2,25,27)/t20-/m0/s1. The molecule has 0 radical (unpaired) electrons. The summed E-state index contributed by atoms with van der Waals surface area (Å²) in [5.74, 6) is -0.125. The molecule has 5 rings (SSSR count). The van der Waals surface area contributed by atoms with Gasteiger partial charge < -0.3 is 20.1 Å². The number of aromatic nitrogens is 3. The van der Waals surface area contributed by atoms with Gasteiger partial charge in [-0.25, -0.2) is 9.37 Å². The van der Waals surface area contributed by atoms with Crippen LogP contribution in [0.2, 0.25) is 0 Å². The molecular weight excluding hydrogens is 413 g/mol. The monoisotopic (exact) mass is 435 g/mol. The van der Waals surface area contributed by atoms with Gasteiger partial charge in [-0.3, -0.25) is 9.48 Å². The molecule has 3 heterocycles. The van der Waals surface area contributed by atoms with Crippen LogP contribution in [0.3, 0.4) is 0 Å². The van der Waals surface area contributed by atoms with Crippen molar-refractivity contribution < 1.29 is 18.7 Å². The highest BCUT2D eigenvalue weighted by atomic mass is 19.1. The van der Waals surface area contributed by atoms with Crippen LogP contribution in [0, 0.1) is 5.82 Å². The molecule has 0 saturated heterocycles. The number of nitrogens with two attached hydrogens (primary N) is 1. The number of nitrogen functional groups attached to an aromatic ring is 1. The summed E-state index contributed by atoms with van der Waals surface area (Å²) >= 11 is 0. The predicted molar refractivity (Wildman–Crippen MR) is 118 cm³/mol. The largest absolute Gasteiger partial charge is 0.497 e. The lowest BCUT2D eigenvalue weighted by molar-refractivity contribution is 0.0343. The van der Waals surface area contributed by atoms with E-state index >= 15 is 4.39 Å². The number of hydrogen-bond donors (Lipinski definition) is 1. The third kappa shape index (κ3) is 3.04. The van der Waals surface area contributed by atoms with Crippen molar-refractivity contribution >= 4 is 33.5 Å². The normalized spacial score (nSPS) is 15.7. The van der Waals surface area contributed by atoms with Gasteiger partial charge in [0.1, 0.15) is 17.4 Å². The van der Waals surface area contributed by atoms with Crippen LogP contribution in [0.1, 0.15) is 27.5 Å². The SMILES string of the molecule is COc1ccc2c(c1)COC[C@@H]2N(C)C(=O)c1cc2c(cc1F)nc(N)c1cnn(C)c12. The zero-order valence-electron chi connectivity index (χ0n) is 17.9. The van der Waals surface area contributed by atoms with E-state index in [2.05, 4.69) is 10.1 Å². The Labute approximate surface area is 183 Å². The molecule has 1 amide bonds. The number of amides is 1. The van der Waals surface area contributed by atoms with Gasteiger partial charge in [0.25, 0.3) is 5.91 Å². The Morgan fingerprint density at radius 3 is 2.91 bits per heavy atom. The molecule has 1 aliphatic rings. The Balaban J connectivity index is 1.58. The maximum atomic E-state index is 15.1. The molecule has 32 heavy (non-hydrogen) atoms. The van der Waals surface area contributed by atoms with E-state index in [4.69, 9.17) is 15.2 Å². The van der Waals surface area contributed by atoms with Crippen molar-refractivity contribution in [3.05, 3.63) is 59.0 Å². The minimum atomic E-state index is -0.658. The number of pyridine rings is 1. The lowest BCUT2D eigenvalue weighted by Crippen LogP contribution is -2.36. The van der Waals surface area contributed by atoms with Gasteiger partial charge in [0.2, 0.25) is 0 Å². The van der Waals surface area contributed by atoms with Crippen LogP contribution >= 0.6 is 0 Å². The van der Waals surface area contributed by atoms with E-state index in [9.17, 15) is 4.79 Å². The van der Waals surface area contributed by atoms with Gasteiger partial charge in [0.15, 0.2) is 0 Å². The number of ether oxygens (including phenoxy) is 2. The van der Waals surface area contributed by atoms with Crippen molar-refractivity contribution in [1.82, 2.24) is 19.7 Å². The Hall–Kier alpha value is -3.72. The van der Waals surface area contributed by atoms with Crippen LogP contribution in [-0.4, -0.2) is 46.3 Å². The molecular formula is C23H22FN5O3. The van der Waals surface area contributed by atoms with E-state index in [1.807, 2.05) is 18.2 Å². The zero-order valence-corrected chi connectivity index (χ0v) is 17.9. The first-order chi connectivity index (χ1) is 15.4. The summed E-state index contributed by atoms with van der Waals surface area (Å²) in [6.45, 7) is 0.752. The number of anilines is 1. The number of benzene rings is 2. The number of fused-ring (bicyclic) bond motifs is 4. The van der Waals surface area contributed by atoms with Gasteiger partial charge in [-0.15, -0.1) is 0 Å². The molecule has 1 aliphatic heterocycles. The first-order valence-corrected chi connectivity index (χ1v) is 10.1. The minimum Gasteiger partial charge on any atom is -0.497 e. The molecule has 1 atom stereocenters. The lowest BCUT2D eigenvalue weighted by Gasteiger charge is -2.33. The Morgan fingerprint density at radius 1 is 1.31 bits per heavy atom. The summed E-state index contributed by atoms with van der Waals surface area (Å²) in [7, 11) is 5.02. The van der Waals surface area contributed by atoms with E-state index < -0.39 is 11.7 Å². The second kappa shape index (κ2) is 7.45. The topological polar surface area (TPSA) is 95.5 Å². The Kier molecular flexibility index (Phi) is 4.70. The molecule has 2 N–H and O–H groups in total. The average Bonchev–Trinajstić information content (AvgIpc) is 3.19. The summed E-state index contributed by atoms with van der Waals surface area (Å²) in [6.07, 6.45) is 1.61. The van der Waals surface area contributed by atoms with Gasteiger partial charge in [0.05, 0.1) is 54.5 Å². The lowest BCUT2D eigenvalue weighted by atomic mass is 9.97. The molecule has 0 fully saturated rings. The summed E-state index contributed by atoms with van der Waals surface area (Å²) in [6, 6.07) is 8.09. The molecule has 0 aliphatic carbocycles. The van der Waals surface area contributed by atoms with Crippen LogP contribution < -0.4 is 10.5 Å². The summed E-state index contributed by atoms with van der Waals surface area (Å²) in [5, 5.41) is 5.50. The highest BCUT2D eigenvalue weighted by Gasteiger charge is 2.30. The maximum Gasteiger partial charge on any atom is 0.257 e. The summed E-state index contributed by atoms with van der Waals surface area (Å²) < 4.78 is 27.7. The number of halogens is 1. The highest BCUT2D eigenvalue weighted by Crippen LogP contribution is 2.34. The van der Waals surface area contributed by atoms with Crippen LogP contribution in [0.15, 0.2) is 36.5 Å². The number of methoxy groups -OCH3 is 1. The van der Waals surface area contributed by atoms with Crippen molar-refractivity contribution in [2.45, 2.75) is 12.6 Å². The second-order valence-electron chi connectivity index (χ2n) is 7.89. The third-order valence-corrected chi connectivity index (χ3v) is 6.06. The molecule has 2 aromatic heterocycles. The minimum absolute atomic E-state index is 0.0466. The molecule has 4 aromatic rings. The zero-order chi connectivity index (χ0) is 22.6. The van der Waals surface area contributed by atoms with Crippen LogP contribution in [0.4, 0.5) is 10.2 Å². The quantitative estimate of drug-likeness (QED) is 0.531. The van der Waals surface area contributed by atoms with E-state index in [1.54, 1.807) is 32.1 Å². The number of aryl methyl sites for hydroxylation is 1. The Bertz CT molecular complexity index is 1380. The van der Waals surface area contributed by atoms with Crippen molar-refractivity contribution in [3.63, 3.8) is 0 Å². The first-order valence-electron chi connectivity index (χ1n) is 10.1. The number of carbonyl (C=O) groups excluding carboxylic acids is 1. The fourth-order valence-electron chi connectivity index (χ4n) is 4.32. The van der Waals surface area contributed by atoms with E-state index in [1.165, 1.54) is 17.0 Å². The number of nitrogens with zero attached hydrogens (tertiary/aromatic N) is 4. The molecule has 0 spiro atoms. The van der Waals surface area contributed by atoms with Gasteiger partial charge >= 0.3 is 0 Å². The average molecular weight is 435 g/mol. The van der Waals surface area contributed by atoms with Crippen molar-refractivity contribution in [3.8, 4) is 5.75 Å². The first kappa shape index (κ1) is 20.2. The number of likely N-dealkylation sites (N-methyl/N-ethyl adjacent to an activating group) is 1. The number of rotatable bonds is 3. The molecule has 164 valence electrons. The van der Waals surface area contributed by atoms with Gasteiger partial charge in [-0.2, -0.15) is 5.10 Å². The maximum absolute atomic E-state index is 15.1. The van der Waals surface area contributed by atoms with E-state index in [0.29, 0.717) is 35.0 Å². The molecule has 2 aromatic carbocycles. The third-order valence-electron chi connectivity index (χ3n) is 6.06. The summed E-state index contributed by atoms with van der Waals surface area (Å²) in [5.41, 5.74) is 8.93. The molecule has 8 nitrogen and oxygen atoms in total. The highest BCUT2D eigenvalue weighted by molar-refractivity contribution is 6.10. The van der Waals surface area contributed by atoms with E-state index in [-0.39, 0.29) is 17.4 Å². The number of hydrogen-bond acceptors (Lipinski definition) is 6. The van der Waals surface area contributed by atoms with Crippen molar-refractivity contribution in [1.29, 1.82) is 0 Å². The smallest absolute Gasteiger partial charge is 0.257 e. The predicted octanol–water partition coefficient (Wildman–Crippen LogP) is 3.19. The van der Waals surface area contributed by atoms with Crippen molar-refractivity contribution in [2.75, 3.05) is 26.5 Å². The van der Waals surface area contributed by atoms with E-state index in [0.717, 1.165) is 16.9 Å². The summed E-state index contributed by atoms with van der Waals surface area (Å²) in [4.78, 5) is 19.2. The Morgan fingerprint density at radius 2 is 2.12 bits per heavy atom. The van der Waals surface area contributed by atoms with Gasteiger partial charge in [0, 0.05) is 25.5 Å². The van der Waals surface area contributed by atoms with Crippen molar-refractivity contribution in [2.24, 2.45) is 7.05 Å². The fraction of sp³-hybridized carbons (Fsp3) is 0.261. The number of carbonyl (C=O) groups is 1. The fourth-order valence-corrected chi connectivity index (χ4v) is 4.32. The molecule has 9 heteroatoms. The molecule has 0 unspecified atom stereocenters. The van der Waals surface area contributed by atoms with Crippen LogP contribution in [0.5, 0.6) is 5.75 Å². The molecule has 0 saturated carbocycles. The van der Waals surface area contributed by atoms with Crippen LogP contribution in [0.25, 0.3) is 21.8 Å². The van der Waals surface area contributed by atoms with Gasteiger partial charge in [-0.05, 0) is 29.3 Å². The van der Waals surface area contributed by atoms with Crippen LogP contribution in [-0.2, 0) is 18.4 Å². The second-order valence-corrected chi connectivity index (χ2v) is 7.89. The van der Waals surface area contributed by atoms with Gasteiger partial charge in [-0.1, -0.05) is 6.07 Å².